The maximum Gasteiger partial charge on any atom is 0.269 e. The van der Waals surface area contributed by atoms with E-state index in [-0.39, 0.29) is 17.6 Å². The summed E-state index contributed by atoms with van der Waals surface area (Å²) in [5, 5.41) is 10.8. The maximum absolute atomic E-state index is 13.1. The van der Waals surface area contributed by atoms with E-state index in [2.05, 4.69) is 4.99 Å². The summed E-state index contributed by atoms with van der Waals surface area (Å²) < 4.78 is 10.6. The van der Waals surface area contributed by atoms with Gasteiger partial charge in [0, 0.05) is 37.0 Å². The topological polar surface area (TPSA) is 94.3 Å². The molecule has 0 radical (unpaired) electrons. The Morgan fingerprint density at radius 3 is 2.46 bits per heavy atom. The van der Waals surface area contributed by atoms with Crippen molar-refractivity contribution in [1.29, 1.82) is 0 Å². The smallest absolute Gasteiger partial charge is 0.269 e. The lowest BCUT2D eigenvalue weighted by atomic mass is 10.0. The van der Waals surface area contributed by atoms with Crippen LogP contribution in [-0.2, 0) is 0 Å². The maximum atomic E-state index is 13.1. The van der Waals surface area contributed by atoms with Crippen LogP contribution in [0.3, 0.4) is 0 Å². The van der Waals surface area contributed by atoms with Crippen molar-refractivity contribution in [1.82, 2.24) is 4.90 Å². The molecule has 2 aliphatic heterocycles. The molecule has 4 rings (SSSR count). The van der Waals surface area contributed by atoms with E-state index in [1.165, 1.54) is 26.4 Å². The third-order valence-electron chi connectivity index (χ3n) is 4.88. The Balaban J connectivity index is 1.69. The van der Waals surface area contributed by atoms with Gasteiger partial charge in [-0.1, -0.05) is 0 Å². The van der Waals surface area contributed by atoms with Crippen LogP contribution in [0.5, 0.6) is 11.5 Å². The number of carbonyl (C=O) groups is 1. The Labute approximate surface area is 160 Å². The molecular weight excluding hydrogens is 362 g/mol. The lowest BCUT2D eigenvalue weighted by Gasteiger charge is -2.18. The van der Waals surface area contributed by atoms with E-state index in [0.29, 0.717) is 29.2 Å². The first-order chi connectivity index (χ1) is 13.5. The average molecular weight is 379 g/mol. The van der Waals surface area contributed by atoms with Gasteiger partial charge in [-0.05, 0) is 29.3 Å². The molecule has 0 aromatic heterocycles. The first-order valence-electron chi connectivity index (χ1n) is 8.60. The third-order valence-corrected chi connectivity index (χ3v) is 4.88. The second kappa shape index (κ2) is 6.80. The van der Waals surface area contributed by atoms with Gasteiger partial charge < -0.3 is 14.4 Å². The Bertz CT molecular complexity index is 1030. The Morgan fingerprint density at radius 1 is 1.14 bits per heavy atom. The lowest BCUT2D eigenvalue weighted by molar-refractivity contribution is -0.384. The first-order valence-corrected chi connectivity index (χ1v) is 8.60. The quantitative estimate of drug-likeness (QED) is 0.598. The zero-order valence-corrected chi connectivity index (χ0v) is 15.3. The van der Waals surface area contributed by atoms with Crippen molar-refractivity contribution in [2.24, 2.45) is 4.99 Å². The number of nitrogens with zero attached hydrogens (tertiary/aromatic N) is 3. The number of benzene rings is 2. The van der Waals surface area contributed by atoms with Crippen molar-refractivity contribution >= 4 is 29.1 Å². The highest BCUT2D eigenvalue weighted by atomic mass is 16.6. The van der Waals surface area contributed by atoms with Crippen LogP contribution in [0.25, 0.3) is 5.57 Å². The molecule has 142 valence electrons. The summed E-state index contributed by atoms with van der Waals surface area (Å²) >= 11 is 0. The van der Waals surface area contributed by atoms with Crippen LogP contribution in [0.15, 0.2) is 47.6 Å². The summed E-state index contributed by atoms with van der Waals surface area (Å²) in [7, 11) is 3.05. The number of methoxy groups -OCH3 is 2. The van der Waals surface area contributed by atoms with Crippen molar-refractivity contribution in [2.45, 2.75) is 12.5 Å². The molecule has 1 amide bonds. The summed E-state index contributed by atoms with van der Waals surface area (Å²) in [5.41, 5.74) is 2.75. The van der Waals surface area contributed by atoms with Gasteiger partial charge in [0.15, 0.2) is 11.5 Å². The number of aliphatic imine (C=N–C) groups is 1. The van der Waals surface area contributed by atoms with Gasteiger partial charge in [0.05, 0.1) is 36.4 Å². The molecule has 0 saturated heterocycles. The number of non-ortho nitro benzene ring substituents is 1. The standard InChI is InChI=1S/C20H17N3O5/c1-27-18-8-16-17(9-19(18)28-2)21-10-15-7-13(11-22(15)20(16)24)12-3-5-14(6-4-12)23(25)26/h3-6,8-11,15H,7H2,1-2H3/t15-/m0/s1. The number of carbonyl (C=O) groups excluding carboxylic acids is 1. The van der Waals surface area contributed by atoms with Gasteiger partial charge in [-0.3, -0.25) is 19.9 Å². The summed E-state index contributed by atoms with van der Waals surface area (Å²) in [6.07, 6.45) is 4.10. The van der Waals surface area contributed by atoms with Crippen molar-refractivity contribution < 1.29 is 19.2 Å². The fraction of sp³-hybridized carbons (Fsp3) is 0.200. The molecule has 1 atom stereocenters. The van der Waals surface area contributed by atoms with Crippen LogP contribution >= 0.6 is 0 Å². The van der Waals surface area contributed by atoms with E-state index in [1.807, 2.05) is 0 Å². The number of ether oxygens (including phenoxy) is 2. The van der Waals surface area contributed by atoms with Crippen LogP contribution in [0.2, 0.25) is 0 Å². The van der Waals surface area contributed by atoms with Crippen LogP contribution in [0.4, 0.5) is 11.4 Å². The van der Waals surface area contributed by atoms with E-state index >= 15 is 0 Å². The second-order valence-electron chi connectivity index (χ2n) is 6.44. The zero-order chi connectivity index (χ0) is 19.8. The zero-order valence-electron chi connectivity index (χ0n) is 15.3. The molecule has 2 aromatic rings. The number of rotatable bonds is 4. The molecule has 0 N–H and O–H groups in total. The molecule has 2 heterocycles. The van der Waals surface area contributed by atoms with E-state index < -0.39 is 4.92 Å². The lowest BCUT2D eigenvalue weighted by Crippen LogP contribution is -2.32. The molecule has 8 nitrogen and oxygen atoms in total. The fourth-order valence-corrected chi connectivity index (χ4v) is 3.42. The molecule has 0 saturated carbocycles. The molecule has 28 heavy (non-hydrogen) atoms. The van der Waals surface area contributed by atoms with E-state index in [9.17, 15) is 14.9 Å². The molecule has 0 aliphatic carbocycles. The largest absolute Gasteiger partial charge is 0.493 e. The van der Waals surface area contributed by atoms with Crippen molar-refractivity contribution in [3.05, 3.63) is 63.8 Å². The first kappa shape index (κ1) is 17.7. The molecule has 8 heteroatoms. The van der Waals surface area contributed by atoms with E-state index in [0.717, 1.165) is 11.1 Å². The fourth-order valence-electron chi connectivity index (χ4n) is 3.42. The van der Waals surface area contributed by atoms with Gasteiger partial charge in [-0.25, -0.2) is 0 Å². The number of fused-ring (bicyclic) bond motifs is 2. The number of amides is 1. The number of nitro groups is 1. The SMILES string of the molecule is COc1cc2c(cc1OC)C(=O)N1C=C(c3ccc([N+](=O)[O-])cc3)C[C@H]1C=N2. The normalized spacial score (nSPS) is 17.5. The minimum atomic E-state index is -0.435. The van der Waals surface area contributed by atoms with Gasteiger partial charge in [-0.2, -0.15) is 0 Å². The van der Waals surface area contributed by atoms with Crippen LogP contribution in [-0.4, -0.2) is 42.2 Å². The van der Waals surface area contributed by atoms with E-state index in [4.69, 9.17) is 9.47 Å². The van der Waals surface area contributed by atoms with Crippen LogP contribution in [0.1, 0.15) is 22.3 Å². The average Bonchev–Trinajstić information content (AvgIpc) is 3.10. The van der Waals surface area contributed by atoms with Gasteiger partial charge in [0.25, 0.3) is 11.6 Å². The predicted octanol–water partition coefficient (Wildman–Crippen LogP) is 3.58. The van der Waals surface area contributed by atoms with E-state index in [1.54, 1.807) is 41.6 Å². The highest BCUT2D eigenvalue weighted by Gasteiger charge is 2.33. The monoisotopic (exact) mass is 379 g/mol. The summed E-state index contributed by atoms with van der Waals surface area (Å²) in [6, 6.07) is 9.41. The Kier molecular flexibility index (Phi) is 4.31. The second-order valence-corrected chi connectivity index (χ2v) is 6.44. The highest BCUT2D eigenvalue weighted by Crippen LogP contribution is 2.39. The van der Waals surface area contributed by atoms with Crippen LogP contribution < -0.4 is 9.47 Å². The third kappa shape index (κ3) is 2.88. The minimum absolute atomic E-state index is 0.0319. The summed E-state index contributed by atoms with van der Waals surface area (Å²) in [4.78, 5) is 29.6. The molecule has 0 fully saturated rings. The molecule has 2 aromatic carbocycles. The molecule has 0 unspecified atom stereocenters. The number of hydrogen-bond donors (Lipinski definition) is 0. The summed E-state index contributed by atoms with van der Waals surface area (Å²) in [5.74, 6) is 0.785. The van der Waals surface area contributed by atoms with Gasteiger partial charge >= 0.3 is 0 Å². The van der Waals surface area contributed by atoms with Crippen molar-refractivity contribution in [2.75, 3.05) is 14.2 Å². The summed E-state index contributed by atoms with van der Waals surface area (Å²) in [6.45, 7) is 0. The Hall–Kier alpha value is -3.68. The van der Waals surface area contributed by atoms with Crippen molar-refractivity contribution in [3.63, 3.8) is 0 Å². The van der Waals surface area contributed by atoms with Gasteiger partial charge in [0.2, 0.25) is 0 Å². The molecule has 0 spiro atoms. The van der Waals surface area contributed by atoms with Gasteiger partial charge in [-0.15, -0.1) is 0 Å². The Morgan fingerprint density at radius 2 is 1.82 bits per heavy atom. The van der Waals surface area contributed by atoms with Crippen molar-refractivity contribution in [3.8, 4) is 11.5 Å². The van der Waals surface area contributed by atoms with Crippen LogP contribution in [0, 0.1) is 10.1 Å². The van der Waals surface area contributed by atoms with Gasteiger partial charge in [0.1, 0.15) is 0 Å². The minimum Gasteiger partial charge on any atom is -0.493 e. The molecule has 0 bridgehead atoms. The molecule has 2 aliphatic rings. The highest BCUT2D eigenvalue weighted by molar-refractivity contribution is 6.05. The number of nitro benzene ring substituents is 1. The predicted molar refractivity (Wildman–Crippen MR) is 103 cm³/mol. The number of hydrogen-bond acceptors (Lipinski definition) is 6. The molecular formula is C20H17N3O5.